The Bertz CT molecular complexity index is 637. The number of nitrogens with one attached hydrogen (secondary N) is 1. The van der Waals surface area contributed by atoms with Gasteiger partial charge in [-0.15, -0.1) is 0 Å². The van der Waals surface area contributed by atoms with E-state index >= 15 is 0 Å². The first-order valence-corrected chi connectivity index (χ1v) is 8.10. The third-order valence-electron chi connectivity index (χ3n) is 3.83. The lowest BCUT2D eigenvalue weighted by molar-refractivity contribution is -0.121. The lowest BCUT2D eigenvalue weighted by Crippen LogP contribution is -2.27. The van der Waals surface area contributed by atoms with Gasteiger partial charge in [-0.05, 0) is 50.5 Å². The van der Waals surface area contributed by atoms with Gasteiger partial charge in [-0.3, -0.25) is 4.79 Å². The summed E-state index contributed by atoms with van der Waals surface area (Å²) in [6.07, 6.45) is 1.18. The average molecular weight is 311 g/mol. The molecular weight excluding hydrogens is 286 g/mol. The fraction of sp³-hybridized carbons (Fsp3) is 0.350. The van der Waals surface area contributed by atoms with Crippen LogP contribution >= 0.6 is 0 Å². The fourth-order valence-corrected chi connectivity index (χ4v) is 2.64. The second-order valence-corrected chi connectivity index (χ2v) is 5.91. The van der Waals surface area contributed by atoms with Crippen molar-refractivity contribution in [1.82, 2.24) is 5.32 Å². The van der Waals surface area contributed by atoms with Crippen LogP contribution in [-0.2, 0) is 4.79 Å². The Hall–Kier alpha value is -2.29. The molecule has 0 saturated heterocycles. The summed E-state index contributed by atoms with van der Waals surface area (Å²) < 4.78 is 5.60. The van der Waals surface area contributed by atoms with Gasteiger partial charge in [0.1, 0.15) is 5.75 Å². The summed E-state index contributed by atoms with van der Waals surface area (Å²) in [5.41, 5.74) is 3.62. The Morgan fingerprint density at radius 1 is 1.13 bits per heavy atom. The number of carbonyl (C=O) groups is 1. The van der Waals surface area contributed by atoms with E-state index < -0.39 is 0 Å². The minimum Gasteiger partial charge on any atom is -0.494 e. The van der Waals surface area contributed by atoms with E-state index in [0.29, 0.717) is 19.4 Å². The topological polar surface area (TPSA) is 38.3 Å². The number of hydrogen-bond donors (Lipinski definition) is 1. The third kappa shape index (κ3) is 5.44. The highest BCUT2D eigenvalue weighted by Crippen LogP contribution is 2.18. The minimum atomic E-state index is 0.0261. The van der Waals surface area contributed by atoms with E-state index in [1.54, 1.807) is 0 Å². The largest absolute Gasteiger partial charge is 0.494 e. The van der Waals surface area contributed by atoms with Crippen molar-refractivity contribution in [1.29, 1.82) is 0 Å². The molecule has 23 heavy (non-hydrogen) atoms. The van der Waals surface area contributed by atoms with Crippen molar-refractivity contribution in [2.24, 2.45) is 0 Å². The van der Waals surface area contributed by atoms with Crippen molar-refractivity contribution in [3.8, 4) is 5.75 Å². The Labute approximate surface area is 138 Å². The van der Waals surface area contributed by atoms with E-state index in [2.05, 4.69) is 37.4 Å². The monoisotopic (exact) mass is 311 g/mol. The molecule has 0 aromatic heterocycles. The van der Waals surface area contributed by atoms with Crippen molar-refractivity contribution >= 4 is 5.91 Å². The quantitative estimate of drug-likeness (QED) is 0.772. The predicted octanol–water partition coefficient (Wildman–Crippen LogP) is 4.34. The summed E-state index contributed by atoms with van der Waals surface area (Å²) in [6, 6.07) is 16.0. The summed E-state index contributed by atoms with van der Waals surface area (Å²) in [5.74, 6) is 0.908. The van der Waals surface area contributed by atoms with Gasteiger partial charge in [-0.2, -0.15) is 0 Å². The lowest BCUT2D eigenvalue weighted by atomic mass is 10.0. The lowest BCUT2D eigenvalue weighted by Gasteiger charge is -2.17. The summed E-state index contributed by atoms with van der Waals surface area (Å²) in [7, 11) is 0. The van der Waals surface area contributed by atoms with Gasteiger partial charge >= 0.3 is 0 Å². The summed E-state index contributed by atoms with van der Waals surface area (Å²) in [5, 5.41) is 3.06. The van der Waals surface area contributed by atoms with Gasteiger partial charge in [0, 0.05) is 6.42 Å². The van der Waals surface area contributed by atoms with Crippen LogP contribution in [0, 0.1) is 13.8 Å². The molecule has 0 aliphatic heterocycles. The highest BCUT2D eigenvalue weighted by molar-refractivity contribution is 5.76. The van der Waals surface area contributed by atoms with Crippen molar-refractivity contribution in [3.63, 3.8) is 0 Å². The van der Waals surface area contributed by atoms with Gasteiger partial charge in [0.05, 0.1) is 12.6 Å². The molecule has 0 bridgehead atoms. The zero-order valence-corrected chi connectivity index (χ0v) is 14.1. The molecule has 0 aliphatic carbocycles. The second kappa shape index (κ2) is 8.37. The van der Waals surface area contributed by atoms with Gasteiger partial charge in [-0.25, -0.2) is 0 Å². The summed E-state index contributed by atoms with van der Waals surface area (Å²) in [6.45, 7) is 6.73. The van der Waals surface area contributed by atoms with Gasteiger partial charge in [0.25, 0.3) is 0 Å². The first kappa shape index (κ1) is 17.1. The minimum absolute atomic E-state index is 0.0261. The SMILES string of the molecule is Cc1ccc([C@H](C)NC(=O)CCCOc2ccccc2)c(C)c1. The first-order chi connectivity index (χ1) is 11.1. The number of ether oxygens (including phenoxy) is 1. The highest BCUT2D eigenvalue weighted by Gasteiger charge is 2.11. The van der Waals surface area contributed by atoms with Crippen LogP contribution in [0.2, 0.25) is 0 Å². The predicted molar refractivity (Wildman–Crippen MR) is 93.6 cm³/mol. The molecule has 0 spiro atoms. The maximum atomic E-state index is 12.0. The van der Waals surface area contributed by atoms with Crippen LogP contribution in [-0.4, -0.2) is 12.5 Å². The zero-order valence-electron chi connectivity index (χ0n) is 14.1. The number of rotatable bonds is 7. The van der Waals surface area contributed by atoms with Gasteiger partial charge in [0.15, 0.2) is 0 Å². The van der Waals surface area contributed by atoms with E-state index in [1.807, 2.05) is 37.3 Å². The number of aryl methyl sites for hydroxylation is 2. The van der Waals surface area contributed by atoms with Crippen LogP contribution < -0.4 is 10.1 Å². The van der Waals surface area contributed by atoms with Crippen LogP contribution in [0.15, 0.2) is 48.5 Å². The van der Waals surface area contributed by atoms with E-state index in [9.17, 15) is 4.79 Å². The van der Waals surface area contributed by atoms with Crippen LogP contribution in [0.1, 0.15) is 42.5 Å². The molecule has 3 heteroatoms. The Balaban J connectivity index is 1.74. The zero-order chi connectivity index (χ0) is 16.7. The van der Waals surface area contributed by atoms with Crippen molar-refractivity contribution in [3.05, 3.63) is 65.2 Å². The maximum Gasteiger partial charge on any atom is 0.220 e. The molecule has 0 radical (unpaired) electrons. The second-order valence-electron chi connectivity index (χ2n) is 5.91. The number of benzene rings is 2. The molecular formula is C20H25NO2. The van der Waals surface area contributed by atoms with Crippen molar-refractivity contribution < 1.29 is 9.53 Å². The van der Waals surface area contributed by atoms with E-state index in [-0.39, 0.29) is 11.9 Å². The molecule has 0 aliphatic rings. The molecule has 1 atom stereocenters. The van der Waals surface area contributed by atoms with E-state index in [1.165, 1.54) is 16.7 Å². The van der Waals surface area contributed by atoms with Gasteiger partial charge in [-0.1, -0.05) is 42.0 Å². The number of amides is 1. The Kier molecular flexibility index (Phi) is 6.21. The molecule has 0 fully saturated rings. The number of carbonyl (C=O) groups excluding carboxylic acids is 1. The van der Waals surface area contributed by atoms with Crippen LogP contribution in [0.25, 0.3) is 0 Å². The molecule has 2 aromatic carbocycles. The van der Waals surface area contributed by atoms with Gasteiger partial charge < -0.3 is 10.1 Å². The summed E-state index contributed by atoms with van der Waals surface area (Å²) >= 11 is 0. The molecule has 3 nitrogen and oxygen atoms in total. The molecule has 0 heterocycles. The standard InChI is InChI=1S/C20H25NO2/c1-15-11-12-19(16(2)14-15)17(3)21-20(22)10-7-13-23-18-8-5-4-6-9-18/h4-6,8-9,11-12,14,17H,7,10,13H2,1-3H3,(H,21,22)/t17-/m0/s1. The molecule has 1 N–H and O–H groups in total. The molecule has 2 aromatic rings. The van der Waals surface area contributed by atoms with Crippen molar-refractivity contribution in [2.45, 2.75) is 39.7 Å². The normalized spacial score (nSPS) is 11.8. The van der Waals surface area contributed by atoms with Crippen LogP contribution in [0.3, 0.4) is 0 Å². The maximum absolute atomic E-state index is 12.0. The Morgan fingerprint density at radius 2 is 1.87 bits per heavy atom. The van der Waals surface area contributed by atoms with E-state index in [0.717, 1.165) is 5.75 Å². The first-order valence-electron chi connectivity index (χ1n) is 8.10. The molecule has 122 valence electrons. The third-order valence-corrected chi connectivity index (χ3v) is 3.83. The van der Waals surface area contributed by atoms with E-state index in [4.69, 9.17) is 4.74 Å². The molecule has 0 unspecified atom stereocenters. The number of para-hydroxylation sites is 1. The smallest absolute Gasteiger partial charge is 0.220 e. The Morgan fingerprint density at radius 3 is 2.57 bits per heavy atom. The molecule has 0 saturated carbocycles. The fourth-order valence-electron chi connectivity index (χ4n) is 2.64. The molecule has 1 amide bonds. The average Bonchev–Trinajstić information content (AvgIpc) is 2.52. The van der Waals surface area contributed by atoms with Gasteiger partial charge in [0.2, 0.25) is 5.91 Å². The summed E-state index contributed by atoms with van der Waals surface area (Å²) in [4.78, 5) is 12.0. The highest BCUT2D eigenvalue weighted by atomic mass is 16.5. The van der Waals surface area contributed by atoms with Crippen molar-refractivity contribution in [2.75, 3.05) is 6.61 Å². The van der Waals surface area contributed by atoms with Crippen LogP contribution in [0.5, 0.6) is 5.75 Å². The number of hydrogen-bond acceptors (Lipinski definition) is 2. The van der Waals surface area contributed by atoms with Crippen LogP contribution in [0.4, 0.5) is 0 Å². The molecule has 2 rings (SSSR count).